The Morgan fingerprint density at radius 1 is 1.07 bits per heavy atom. The first-order valence-electron chi connectivity index (χ1n) is 9.32. The average molecular weight is 379 g/mol. The maximum absolute atomic E-state index is 13.1. The fourth-order valence-corrected chi connectivity index (χ4v) is 3.38. The zero-order valence-corrected chi connectivity index (χ0v) is 16.1. The first kappa shape index (κ1) is 18.3. The molecule has 28 heavy (non-hydrogen) atoms. The van der Waals surface area contributed by atoms with Crippen molar-refractivity contribution < 1.29 is 13.7 Å². The van der Waals surface area contributed by atoms with E-state index in [1.54, 1.807) is 17.0 Å². The van der Waals surface area contributed by atoms with Crippen molar-refractivity contribution >= 4 is 11.6 Å². The molecular weight excluding hydrogens is 357 g/mol. The molecule has 3 aromatic rings. The molecule has 2 heterocycles. The van der Waals surface area contributed by atoms with Crippen LogP contribution < -0.4 is 4.90 Å². The first-order valence-corrected chi connectivity index (χ1v) is 9.32. The van der Waals surface area contributed by atoms with Crippen molar-refractivity contribution in [3.63, 3.8) is 0 Å². The van der Waals surface area contributed by atoms with E-state index in [1.807, 2.05) is 12.1 Å². The van der Waals surface area contributed by atoms with Crippen molar-refractivity contribution in [2.75, 3.05) is 11.4 Å². The lowest BCUT2D eigenvalue weighted by atomic mass is 9.87. The Balaban J connectivity index is 1.52. The summed E-state index contributed by atoms with van der Waals surface area (Å²) in [4.78, 5) is 18.5. The van der Waals surface area contributed by atoms with Gasteiger partial charge in [-0.25, -0.2) is 4.39 Å². The molecule has 1 saturated heterocycles. The predicted molar refractivity (Wildman–Crippen MR) is 105 cm³/mol. The van der Waals surface area contributed by atoms with Crippen LogP contribution in [0.15, 0.2) is 53.1 Å². The van der Waals surface area contributed by atoms with Crippen LogP contribution >= 0.6 is 0 Å². The molecule has 0 unspecified atom stereocenters. The molecule has 4 rings (SSSR count). The van der Waals surface area contributed by atoms with Gasteiger partial charge >= 0.3 is 0 Å². The summed E-state index contributed by atoms with van der Waals surface area (Å²) in [5.41, 5.74) is 2.83. The van der Waals surface area contributed by atoms with E-state index < -0.39 is 0 Å². The maximum atomic E-state index is 13.1. The second-order valence-electron chi connectivity index (χ2n) is 8.17. The van der Waals surface area contributed by atoms with Gasteiger partial charge in [0.25, 0.3) is 5.89 Å². The topological polar surface area (TPSA) is 59.2 Å². The van der Waals surface area contributed by atoms with E-state index >= 15 is 0 Å². The number of aromatic nitrogens is 2. The van der Waals surface area contributed by atoms with Gasteiger partial charge in [0.1, 0.15) is 5.82 Å². The summed E-state index contributed by atoms with van der Waals surface area (Å²) in [5.74, 6) is 0.463. The number of hydrogen-bond acceptors (Lipinski definition) is 4. The van der Waals surface area contributed by atoms with Gasteiger partial charge in [-0.3, -0.25) is 4.79 Å². The molecule has 144 valence electrons. The highest BCUT2D eigenvalue weighted by molar-refractivity contribution is 5.96. The smallest absolute Gasteiger partial charge is 0.257 e. The lowest BCUT2D eigenvalue weighted by Crippen LogP contribution is -2.24. The molecule has 0 aliphatic carbocycles. The van der Waals surface area contributed by atoms with Crippen LogP contribution in [0.4, 0.5) is 10.1 Å². The molecule has 0 N–H and O–H groups in total. The van der Waals surface area contributed by atoms with Crippen molar-refractivity contribution in [3.8, 4) is 11.5 Å². The lowest BCUT2D eigenvalue weighted by Gasteiger charge is -2.18. The summed E-state index contributed by atoms with van der Waals surface area (Å²) < 4.78 is 18.6. The van der Waals surface area contributed by atoms with Crippen LogP contribution in [-0.4, -0.2) is 22.6 Å². The van der Waals surface area contributed by atoms with Gasteiger partial charge in [-0.2, -0.15) is 4.98 Å². The van der Waals surface area contributed by atoms with E-state index in [2.05, 4.69) is 43.0 Å². The van der Waals surface area contributed by atoms with E-state index in [4.69, 9.17) is 4.52 Å². The predicted octanol–water partition coefficient (Wildman–Crippen LogP) is 4.69. The Hall–Kier alpha value is -3.02. The minimum Gasteiger partial charge on any atom is -0.334 e. The number of rotatable bonds is 3. The SMILES string of the molecule is CC(C)(C)c1ccc(-c2nc([C@H]3CC(=O)N(c4ccc(F)cc4)C3)no2)cc1. The van der Waals surface area contributed by atoms with Crippen LogP contribution in [0.5, 0.6) is 0 Å². The Labute approximate surface area is 163 Å². The summed E-state index contributed by atoms with van der Waals surface area (Å²) in [7, 11) is 0. The van der Waals surface area contributed by atoms with Gasteiger partial charge in [-0.1, -0.05) is 38.1 Å². The molecule has 1 atom stereocenters. The van der Waals surface area contributed by atoms with Crippen molar-refractivity contribution in [3.05, 3.63) is 65.7 Å². The molecule has 1 aliphatic heterocycles. The molecular formula is C22H22FN3O2. The van der Waals surface area contributed by atoms with E-state index in [-0.39, 0.29) is 23.1 Å². The van der Waals surface area contributed by atoms with Crippen LogP contribution in [-0.2, 0) is 10.2 Å². The highest BCUT2D eigenvalue weighted by Crippen LogP contribution is 2.32. The van der Waals surface area contributed by atoms with E-state index in [0.717, 1.165) is 5.56 Å². The number of carbonyl (C=O) groups excluding carboxylic acids is 1. The third-order valence-corrected chi connectivity index (χ3v) is 5.07. The molecule has 1 amide bonds. The minimum atomic E-state index is -0.327. The van der Waals surface area contributed by atoms with Gasteiger partial charge in [0.2, 0.25) is 5.91 Å². The van der Waals surface area contributed by atoms with Crippen molar-refractivity contribution in [1.82, 2.24) is 10.1 Å². The number of benzene rings is 2. The van der Waals surface area contributed by atoms with Crippen LogP contribution in [0.3, 0.4) is 0 Å². The van der Waals surface area contributed by atoms with Gasteiger partial charge in [0, 0.05) is 30.1 Å². The van der Waals surface area contributed by atoms with Gasteiger partial charge in [-0.15, -0.1) is 0 Å². The molecule has 1 aliphatic rings. The summed E-state index contributed by atoms with van der Waals surface area (Å²) in [6.45, 7) is 6.94. The van der Waals surface area contributed by atoms with Crippen LogP contribution in [0.2, 0.25) is 0 Å². The quantitative estimate of drug-likeness (QED) is 0.662. The highest BCUT2D eigenvalue weighted by Gasteiger charge is 2.34. The number of carbonyl (C=O) groups is 1. The fraction of sp³-hybridized carbons (Fsp3) is 0.318. The number of anilines is 1. The minimum absolute atomic E-state index is 0.0301. The summed E-state index contributed by atoms with van der Waals surface area (Å²) in [6.07, 6.45) is 0.305. The number of hydrogen-bond donors (Lipinski definition) is 0. The first-order chi connectivity index (χ1) is 13.3. The summed E-state index contributed by atoms with van der Waals surface area (Å²) >= 11 is 0. The van der Waals surface area contributed by atoms with Gasteiger partial charge in [0.15, 0.2) is 5.82 Å². The molecule has 5 nitrogen and oxygen atoms in total. The van der Waals surface area contributed by atoms with Gasteiger partial charge < -0.3 is 9.42 Å². The fourth-order valence-electron chi connectivity index (χ4n) is 3.38. The van der Waals surface area contributed by atoms with E-state index in [0.29, 0.717) is 30.4 Å². The molecule has 1 aromatic heterocycles. The van der Waals surface area contributed by atoms with Crippen LogP contribution in [0.1, 0.15) is 44.5 Å². The Kier molecular flexibility index (Phi) is 4.49. The Morgan fingerprint density at radius 3 is 2.39 bits per heavy atom. The molecule has 6 heteroatoms. The molecule has 0 saturated carbocycles. The standard InChI is InChI=1S/C22H22FN3O2/c1-22(2,3)16-6-4-14(5-7-16)21-24-20(25-28-21)15-12-19(27)26(13-15)18-10-8-17(23)9-11-18/h4-11,15H,12-13H2,1-3H3/t15-/m0/s1. The normalized spacial score (nSPS) is 17.4. The third-order valence-electron chi connectivity index (χ3n) is 5.07. The Morgan fingerprint density at radius 2 is 1.75 bits per heavy atom. The van der Waals surface area contributed by atoms with Crippen LogP contribution in [0.25, 0.3) is 11.5 Å². The van der Waals surface area contributed by atoms with E-state index in [1.165, 1.54) is 17.7 Å². The summed E-state index contributed by atoms with van der Waals surface area (Å²) in [5, 5.41) is 4.10. The Bertz CT molecular complexity index is 988. The molecule has 1 fully saturated rings. The molecule has 0 radical (unpaired) electrons. The zero-order chi connectivity index (χ0) is 19.9. The monoisotopic (exact) mass is 379 g/mol. The van der Waals surface area contributed by atoms with E-state index in [9.17, 15) is 9.18 Å². The van der Waals surface area contributed by atoms with Crippen molar-refractivity contribution in [2.45, 2.75) is 38.5 Å². The molecule has 2 aromatic carbocycles. The van der Waals surface area contributed by atoms with Crippen LogP contribution in [0, 0.1) is 5.82 Å². The summed E-state index contributed by atoms with van der Waals surface area (Å²) in [6, 6.07) is 14.0. The third kappa shape index (κ3) is 3.54. The largest absolute Gasteiger partial charge is 0.334 e. The maximum Gasteiger partial charge on any atom is 0.257 e. The number of amides is 1. The van der Waals surface area contributed by atoms with Gasteiger partial charge in [-0.05, 0) is 47.4 Å². The lowest BCUT2D eigenvalue weighted by molar-refractivity contribution is -0.117. The average Bonchev–Trinajstić information content (AvgIpc) is 3.29. The van der Waals surface area contributed by atoms with Crippen molar-refractivity contribution in [2.24, 2.45) is 0 Å². The zero-order valence-electron chi connectivity index (χ0n) is 16.1. The second-order valence-corrected chi connectivity index (χ2v) is 8.17. The molecule has 0 spiro atoms. The van der Waals surface area contributed by atoms with Gasteiger partial charge in [0.05, 0.1) is 0 Å². The number of halogens is 1. The molecule has 0 bridgehead atoms. The number of nitrogens with zero attached hydrogens (tertiary/aromatic N) is 3. The van der Waals surface area contributed by atoms with Crippen molar-refractivity contribution in [1.29, 1.82) is 0 Å². The highest BCUT2D eigenvalue weighted by atomic mass is 19.1. The second kappa shape index (κ2) is 6.86.